The first-order valence-electron chi connectivity index (χ1n) is 4.60. The average molecular weight is 280 g/mol. The van der Waals surface area contributed by atoms with Crippen molar-refractivity contribution in [3.8, 4) is 0 Å². The fourth-order valence-corrected chi connectivity index (χ4v) is 1.69. The number of rotatable bonds is 2. The summed E-state index contributed by atoms with van der Waals surface area (Å²) >= 11 is 3.04. The van der Waals surface area contributed by atoms with Crippen LogP contribution in [0.5, 0.6) is 0 Å². The molecule has 0 heterocycles. The van der Waals surface area contributed by atoms with Crippen molar-refractivity contribution in [1.29, 1.82) is 0 Å². The summed E-state index contributed by atoms with van der Waals surface area (Å²) in [4.78, 5) is 0. The highest BCUT2D eigenvalue weighted by atomic mass is 79.9. The zero-order chi connectivity index (χ0) is 11.1. The molecular weight excluding hydrogens is 271 g/mol. The molecule has 1 saturated carbocycles. The van der Waals surface area contributed by atoms with E-state index in [9.17, 15) is 13.2 Å². The van der Waals surface area contributed by atoms with Gasteiger partial charge in [0, 0.05) is 16.2 Å². The van der Waals surface area contributed by atoms with Crippen molar-refractivity contribution in [2.24, 2.45) is 0 Å². The SMILES string of the molecule is FC(F)(F)c1cc(Br)ccc1NC1CC1. The summed E-state index contributed by atoms with van der Waals surface area (Å²) in [7, 11) is 0. The van der Waals surface area contributed by atoms with Gasteiger partial charge in [-0.15, -0.1) is 0 Å². The van der Waals surface area contributed by atoms with Crippen LogP contribution in [0.4, 0.5) is 18.9 Å². The summed E-state index contributed by atoms with van der Waals surface area (Å²) in [5.41, 5.74) is -0.433. The average Bonchev–Trinajstić information content (AvgIpc) is 2.90. The van der Waals surface area contributed by atoms with E-state index in [2.05, 4.69) is 21.2 Å². The maximum Gasteiger partial charge on any atom is 0.418 e. The van der Waals surface area contributed by atoms with E-state index in [-0.39, 0.29) is 11.7 Å². The molecule has 0 aliphatic heterocycles. The van der Waals surface area contributed by atoms with E-state index in [0.29, 0.717) is 4.47 Å². The Morgan fingerprint density at radius 1 is 1.27 bits per heavy atom. The molecule has 1 aromatic rings. The molecule has 1 aromatic carbocycles. The molecule has 0 spiro atoms. The molecule has 1 nitrogen and oxygen atoms in total. The summed E-state index contributed by atoms with van der Waals surface area (Å²) in [6, 6.07) is 4.39. The van der Waals surface area contributed by atoms with E-state index in [1.807, 2.05) is 0 Å². The Morgan fingerprint density at radius 3 is 2.47 bits per heavy atom. The Morgan fingerprint density at radius 2 is 1.93 bits per heavy atom. The van der Waals surface area contributed by atoms with Crippen LogP contribution in [0.25, 0.3) is 0 Å². The molecule has 0 atom stereocenters. The van der Waals surface area contributed by atoms with Crippen LogP contribution < -0.4 is 5.32 Å². The summed E-state index contributed by atoms with van der Waals surface area (Å²) < 4.78 is 38.4. The van der Waals surface area contributed by atoms with Gasteiger partial charge in [0.15, 0.2) is 0 Å². The molecule has 1 N–H and O–H groups in total. The predicted molar refractivity (Wildman–Crippen MR) is 55.8 cm³/mol. The lowest BCUT2D eigenvalue weighted by molar-refractivity contribution is -0.137. The van der Waals surface area contributed by atoms with Gasteiger partial charge in [0.2, 0.25) is 0 Å². The van der Waals surface area contributed by atoms with E-state index >= 15 is 0 Å². The lowest BCUT2D eigenvalue weighted by atomic mass is 10.1. The normalized spacial score (nSPS) is 16.5. The standard InChI is InChI=1S/C10H9BrF3N/c11-6-1-4-9(15-7-2-3-7)8(5-6)10(12,13)14/h1,4-5,7,15H,2-3H2. The quantitative estimate of drug-likeness (QED) is 0.862. The van der Waals surface area contributed by atoms with Crippen molar-refractivity contribution in [1.82, 2.24) is 0 Å². The molecule has 15 heavy (non-hydrogen) atoms. The van der Waals surface area contributed by atoms with Gasteiger partial charge >= 0.3 is 6.18 Å². The predicted octanol–water partition coefficient (Wildman–Crippen LogP) is 4.04. The number of nitrogens with one attached hydrogen (secondary N) is 1. The second kappa shape index (κ2) is 3.70. The van der Waals surface area contributed by atoms with E-state index in [4.69, 9.17) is 0 Å². The largest absolute Gasteiger partial charge is 0.418 e. The molecule has 0 saturated heterocycles. The number of hydrogen-bond donors (Lipinski definition) is 1. The first kappa shape index (κ1) is 10.8. The van der Waals surface area contributed by atoms with E-state index in [1.165, 1.54) is 6.07 Å². The topological polar surface area (TPSA) is 12.0 Å². The first-order valence-corrected chi connectivity index (χ1v) is 5.39. The molecule has 1 fully saturated rings. The van der Waals surface area contributed by atoms with Gasteiger partial charge in [0.05, 0.1) is 5.56 Å². The highest BCUT2D eigenvalue weighted by Gasteiger charge is 2.35. The molecule has 1 aliphatic carbocycles. The molecule has 0 unspecified atom stereocenters. The van der Waals surface area contributed by atoms with Crippen molar-refractivity contribution >= 4 is 21.6 Å². The molecule has 0 bridgehead atoms. The van der Waals surface area contributed by atoms with Gasteiger partial charge in [-0.1, -0.05) is 15.9 Å². The van der Waals surface area contributed by atoms with Crippen molar-refractivity contribution in [2.75, 3.05) is 5.32 Å². The Bertz CT molecular complexity index is 371. The maximum atomic E-state index is 12.6. The first-order chi connectivity index (χ1) is 6.97. The maximum absolute atomic E-state index is 12.6. The smallest absolute Gasteiger partial charge is 0.382 e. The third-order valence-corrected chi connectivity index (χ3v) is 2.72. The third-order valence-electron chi connectivity index (χ3n) is 2.22. The highest BCUT2D eigenvalue weighted by Crippen LogP contribution is 2.38. The molecule has 0 radical (unpaired) electrons. The van der Waals surface area contributed by atoms with E-state index < -0.39 is 11.7 Å². The third kappa shape index (κ3) is 2.65. The van der Waals surface area contributed by atoms with Crippen LogP contribution in [0.3, 0.4) is 0 Å². The molecular formula is C10H9BrF3N. The summed E-state index contributed by atoms with van der Waals surface area (Å²) in [5.74, 6) is 0. The zero-order valence-corrected chi connectivity index (χ0v) is 9.32. The van der Waals surface area contributed by atoms with Crippen LogP contribution in [0.2, 0.25) is 0 Å². The number of alkyl halides is 3. The minimum atomic E-state index is -4.30. The van der Waals surface area contributed by atoms with Crippen molar-refractivity contribution in [3.05, 3.63) is 28.2 Å². The van der Waals surface area contributed by atoms with Crippen LogP contribution in [0.15, 0.2) is 22.7 Å². The van der Waals surface area contributed by atoms with Crippen molar-refractivity contribution in [2.45, 2.75) is 25.1 Å². The minimum Gasteiger partial charge on any atom is -0.382 e. The van der Waals surface area contributed by atoms with Gasteiger partial charge < -0.3 is 5.32 Å². The van der Waals surface area contributed by atoms with Crippen LogP contribution in [0.1, 0.15) is 18.4 Å². The second-order valence-electron chi connectivity index (χ2n) is 3.61. The van der Waals surface area contributed by atoms with E-state index in [0.717, 1.165) is 18.9 Å². The Labute approximate surface area is 93.8 Å². The molecule has 0 amide bonds. The van der Waals surface area contributed by atoms with Gasteiger partial charge in [-0.3, -0.25) is 0 Å². The zero-order valence-electron chi connectivity index (χ0n) is 7.74. The number of benzene rings is 1. The molecule has 82 valence electrons. The molecule has 5 heteroatoms. The highest BCUT2D eigenvalue weighted by molar-refractivity contribution is 9.10. The summed E-state index contributed by atoms with van der Waals surface area (Å²) in [6.45, 7) is 0. The lowest BCUT2D eigenvalue weighted by Crippen LogP contribution is -2.11. The van der Waals surface area contributed by atoms with Gasteiger partial charge in [-0.2, -0.15) is 13.2 Å². The van der Waals surface area contributed by atoms with Gasteiger partial charge in [0.1, 0.15) is 0 Å². The fraction of sp³-hybridized carbons (Fsp3) is 0.400. The number of hydrogen-bond acceptors (Lipinski definition) is 1. The van der Waals surface area contributed by atoms with Crippen molar-refractivity contribution in [3.63, 3.8) is 0 Å². The molecule has 2 rings (SSSR count). The molecule has 0 aromatic heterocycles. The molecule has 1 aliphatic rings. The fourth-order valence-electron chi connectivity index (χ4n) is 1.32. The van der Waals surface area contributed by atoms with Crippen LogP contribution >= 0.6 is 15.9 Å². The minimum absolute atomic E-state index is 0.174. The van der Waals surface area contributed by atoms with Crippen LogP contribution in [0, 0.1) is 0 Å². The van der Waals surface area contributed by atoms with Crippen LogP contribution in [-0.4, -0.2) is 6.04 Å². The number of anilines is 1. The van der Waals surface area contributed by atoms with Gasteiger partial charge in [-0.25, -0.2) is 0 Å². The second-order valence-corrected chi connectivity index (χ2v) is 4.52. The van der Waals surface area contributed by atoms with E-state index in [1.54, 1.807) is 6.07 Å². The monoisotopic (exact) mass is 279 g/mol. The van der Waals surface area contributed by atoms with Gasteiger partial charge in [-0.05, 0) is 31.0 Å². The number of halogens is 4. The van der Waals surface area contributed by atoms with Crippen LogP contribution in [-0.2, 0) is 6.18 Å². The Kier molecular flexibility index (Phi) is 2.66. The summed E-state index contributed by atoms with van der Waals surface area (Å²) in [6.07, 6.45) is -2.40. The Balaban J connectivity index is 2.34. The van der Waals surface area contributed by atoms with Gasteiger partial charge in [0.25, 0.3) is 0 Å². The summed E-state index contributed by atoms with van der Waals surface area (Å²) in [5, 5.41) is 2.88. The lowest BCUT2D eigenvalue weighted by Gasteiger charge is -2.14. The Hall–Kier alpha value is -0.710. The van der Waals surface area contributed by atoms with Crippen molar-refractivity contribution < 1.29 is 13.2 Å².